The van der Waals surface area contributed by atoms with E-state index in [4.69, 9.17) is 9.47 Å². The second-order valence-corrected chi connectivity index (χ2v) is 8.29. The number of likely N-dealkylation sites (N-methyl/N-ethyl adjacent to an activating group) is 1. The molecule has 1 amide bonds. The van der Waals surface area contributed by atoms with E-state index in [9.17, 15) is 9.59 Å². The van der Waals surface area contributed by atoms with E-state index < -0.39 is 12.1 Å². The van der Waals surface area contributed by atoms with Gasteiger partial charge in [-0.25, -0.2) is 0 Å². The van der Waals surface area contributed by atoms with Crippen LogP contribution in [0.5, 0.6) is 5.75 Å². The number of methoxy groups -OCH3 is 1. The molecule has 0 aromatic heterocycles. The van der Waals surface area contributed by atoms with Crippen molar-refractivity contribution < 1.29 is 50.0 Å². The zero-order chi connectivity index (χ0) is 21.0. The minimum atomic E-state index is -0.916. The molecule has 1 aliphatic heterocycles. The van der Waals surface area contributed by atoms with Crippen LogP contribution in [0.3, 0.4) is 0 Å². The van der Waals surface area contributed by atoms with Gasteiger partial charge in [0.05, 0.1) is 18.0 Å². The Balaban J connectivity index is 0.00000240. The summed E-state index contributed by atoms with van der Waals surface area (Å²) in [4.78, 5) is 30.2. The number of esters is 1. The number of nitrogens with zero attached hydrogens (tertiary/aromatic N) is 2. The van der Waals surface area contributed by atoms with Gasteiger partial charge in [0.1, 0.15) is 5.75 Å². The molecule has 2 aromatic rings. The van der Waals surface area contributed by atoms with Gasteiger partial charge >= 0.3 is 35.5 Å². The molecule has 0 bridgehead atoms. The minimum Gasteiger partial charge on any atom is -1.00 e. The van der Waals surface area contributed by atoms with Crippen molar-refractivity contribution in [3.63, 3.8) is 0 Å². The summed E-state index contributed by atoms with van der Waals surface area (Å²) in [6, 6.07) is 15.4. The molecule has 0 fully saturated rings. The summed E-state index contributed by atoms with van der Waals surface area (Å²) >= 11 is 1.54. The first-order chi connectivity index (χ1) is 13.9. The topological polar surface area (TPSA) is 59.1 Å². The normalized spacial score (nSPS) is 18.3. The second-order valence-electron chi connectivity index (χ2n) is 7.10. The zero-order valence-corrected chi connectivity index (χ0v) is 20.9. The van der Waals surface area contributed by atoms with E-state index in [0.717, 1.165) is 21.9 Å². The number of hydrogen-bond acceptors (Lipinski definition) is 6. The van der Waals surface area contributed by atoms with E-state index >= 15 is 0 Å². The second kappa shape index (κ2) is 11.2. The van der Waals surface area contributed by atoms with Crippen molar-refractivity contribution in [2.24, 2.45) is 0 Å². The van der Waals surface area contributed by atoms with Crippen LogP contribution < -0.4 is 39.2 Å². The molecule has 0 radical (unpaired) electrons. The molecule has 156 valence electrons. The molecular weight excluding hydrogens is 411 g/mol. The smallest absolute Gasteiger partial charge is 1.00 e. The number of anilines is 1. The van der Waals surface area contributed by atoms with E-state index in [0.29, 0.717) is 13.1 Å². The SMILES string of the molecule is COc1ccc([C@@H]2Sc3ccccc3N(CCN(C)C)C(=O)[C@@H]2OC(C)=O)cc1.[H-].[Na+]. The Bertz CT molecular complexity index is 882. The zero-order valence-electron chi connectivity index (χ0n) is 19.1. The molecule has 0 N–H and O–H groups in total. The predicted molar refractivity (Wildman–Crippen MR) is 116 cm³/mol. The first-order valence-corrected chi connectivity index (χ1v) is 10.3. The van der Waals surface area contributed by atoms with E-state index in [-0.39, 0.29) is 42.1 Å². The number of benzene rings is 2. The number of carbonyl (C=O) groups excluding carboxylic acids is 2. The van der Waals surface area contributed by atoms with Gasteiger partial charge in [-0.15, -0.1) is 11.8 Å². The third-order valence-corrected chi connectivity index (χ3v) is 6.07. The average Bonchev–Trinajstić information content (AvgIpc) is 2.81. The molecule has 3 rings (SSSR count). The van der Waals surface area contributed by atoms with Crippen molar-refractivity contribution in [3.05, 3.63) is 54.1 Å². The largest absolute Gasteiger partial charge is 1.00 e. The van der Waals surface area contributed by atoms with Crippen LogP contribution in [-0.4, -0.2) is 57.2 Å². The predicted octanol–water partition coefficient (Wildman–Crippen LogP) is 0.485. The fraction of sp³-hybridized carbons (Fsp3) is 0.364. The first kappa shape index (κ1) is 24.8. The van der Waals surface area contributed by atoms with Crippen LogP contribution in [0.25, 0.3) is 0 Å². The Morgan fingerprint density at radius 1 is 1.17 bits per heavy atom. The van der Waals surface area contributed by atoms with E-state index in [1.807, 2.05) is 67.5 Å². The summed E-state index contributed by atoms with van der Waals surface area (Å²) in [5.41, 5.74) is 1.75. The molecule has 1 heterocycles. The standard InChI is InChI=1S/C22H26N2O4S.Na.H/c1-15(25)28-20-21(16-9-11-17(27-4)12-10-16)29-19-8-6-5-7-18(19)24(22(20)26)14-13-23(2)3;;/h5-12,20-21H,13-14H2,1-4H3;;/q;+1;-1/t20-,21+;;/m1../s1. The summed E-state index contributed by atoms with van der Waals surface area (Å²) in [7, 11) is 5.54. The van der Waals surface area contributed by atoms with Gasteiger partial charge in [-0.05, 0) is 43.9 Å². The molecule has 0 saturated heterocycles. The van der Waals surface area contributed by atoms with Gasteiger partial charge in [0.2, 0.25) is 0 Å². The summed E-state index contributed by atoms with van der Waals surface area (Å²) in [5, 5.41) is -0.359. The van der Waals surface area contributed by atoms with Crippen LogP contribution in [0.1, 0.15) is 19.2 Å². The van der Waals surface area contributed by atoms with Gasteiger partial charge in [0.15, 0.2) is 6.10 Å². The number of carbonyl (C=O) groups is 2. The van der Waals surface area contributed by atoms with Crippen molar-refractivity contribution >= 4 is 29.3 Å². The Hall–Kier alpha value is -1.51. The molecular formula is C22H27N2NaO4S. The number of fused-ring (bicyclic) bond motifs is 1. The molecule has 30 heavy (non-hydrogen) atoms. The van der Waals surface area contributed by atoms with Gasteiger partial charge < -0.3 is 20.7 Å². The van der Waals surface area contributed by atoms with Crippen LogP contribution in [0.2, 0.25) is 0 Å². The number of amides is 1. The molecule has 0 aliphatic carbocycles. The first-order valence-electron chi connectivity index (χ1n) is 9.43. The molecule has 6 nitrogen and oxygen atoms in total. The number of para-hydroxylation sites is 1. The fourth-order valence-corrected chi connectivity index (χ4v) is 4.56. The average molecular weight is 439 g/mol. The van der Waals surface area contributed by atoms with Gasteiger partial charge in [0.25, 0.3) is 5.91 Å². The van der Waals surface area contributed by atoms with E-state index in [1.54, 1.807) is 23.8 Å². The van der Waals surface area contributed by atoms with Crippen molar-refractivity contribution in [1.82, 2.24) is 4.90 Å². The monoisotopic (exact) mass is 438 g/mol. The van der Waals surface area contributed by atoms with Gasteiger partial charge in [-0.3, -0.25) is 9.59 Å². The number of rotatable bonds is 6. The molecule has 0 spiro atoms. The molecule has 0 saturated carbocycles. The molecule has 2 aromatic carbocycles. The van der Waals surface area contributed by atoms with E-state index in [1.165, 1.54) is 6.92 Å². The Labute approximate surface area is 205 Å². The quantitative estimate of drug-likeness (QED) is 0.483. The van der Waals surface area contributed by atoms with Crippen LogP contribution in [0.4, 0.5) is 5.69 Å². The van der Waals surface area contributed by atoms with Crippen molar-refractivity contribution in [2.45, 2.75) is 23.2 Å². The molecule has 2 atom stereocenters. The third-order valence-electron chi connectivity index (χ3n) is 4.70. The number of hydrogen-bond donors (Lipinski definition) is 0. The molecule has 8 heteroatoms. The third kappa shape index (κ3) is 5.80. The molecule has 0 unspecified atom stereocenters. The Morgan fingerprint density at radius 2 is 1.83 bits per heavy atom. The maximum absolute atomic E-state index is 13.6. The summed E-state index contributed by atoms with van der Waals surface area (Å²) in [5.74, 6) is 0.0528. The van der Waals surface area contributed by atoms with E-state index in [2.05, 4.69) is 0 Å². The fourth-order valence-electron chi connectivity index (χ4n) is 3.24. The summed E-state index contributed by atoms with van der Waals surface area (Å²) < 4.78 is 10.8. The van der Waals surface area contributed by atoms with Crippen molar-refractivity contribution in [3.8, 4) is 5.75 Å². The number of ether oxygens (including phenoxy) is 2. The van der Waals surface area contributed by atoms with Crippen molar-refractivity contribution in [1.29, 1.82) is 0 Å². The van der Waals surface area contributed by atoms with Gasteiger partial charge in [-0.1, -0.05) is 24.3 Å². The van der Waals surface area contributed by atoms with Crippen LogP contribution >= 0.6 is 11.8 Å². The number of thioether (sulfide) groups is 1. The van der Waals surface area contributed by atoms with Crippen LogP contribution in [0, 0.1) is 0 Å². The van der Waals surface area contributed by atoms with Gasteiger partial charge in [-0.2, -0.15) is 0 Å². The van der Waals surface area contributed by atoms with Crippen LogP contribution in [0.15, 0.2) is 53.4 Å². The van der Waals surface area contributed by atoms with Crippen molar-refractivity contribution in [2.75, 3.05) is 39.2 Å². The van der Waals surface area contributed by atoms with Crippen LogP contribution in [-0.2, 0) is 14.3 Å². The maximum atomic E-state index is 13.6. The Kier molecular flexibility index (Phi) is 9.25. The summed E-state index contributed by atoms with van der Waals surface area (Å²) in [6.45, 7) is 2.55. The maximum Gasteiger partial charge on any atom is 1.00 e. The van der Waals surface area contributed by atoms with Gasteiger partial charge in [0, 0.05) is 24.9 Å². The summed E-state index contributed by atoms with van der Waals surface area (Å²) in [6.07, 6.45) is -0.916. The molecule has 1 aliphatic rings. The minimum absolute atomic E-state index is 0. The Morgan fingerprint density at radius 3 is 2.43 bits per heavy atom.